The Kier molecular flexibility index (Phi) is 7.54. The molecule has 30 heavy (non-hydrogen) atoms. The van der Waals surface area contributed by atoms with Gasteiger partial charge in [0.05, 0.1) is 33.3 Å². The number of ketones is 3. The lowest BCUT2D eigenvalue weighted by Gasteiger charge is -2.13. The van der Waals surface area contributed by atoms with Gasteiger partial charge in [0.25, 0.3) is 0 Å². The predicted octanol–water partition coefficient (Wildman–Crippen LogP) is 2.37. The molecule has 8 heteroatoms. The molecule has 0 aliphatic carbocycles. The molecule has 0 amide bonds. The van der Waals surface area contributed by atoms with Crippen molar-refractivity contribution in [2.75, 3.05) is 21.3 Å². The fourth-order valence-electron chi connectivity index (χ4n) is 2.88. The Morgan fingerprint density at radius 3 is 2.17 bits per heavy atom. The van der Waals surface area contributed by atoms with Crippen LogP contribution in [-0.2, 0) is 11.2 Å². The van der Waals surface area contributed by atoms with Gasteiger partial charge in [0.1, 0.15) is 11.9 Å². The van der Waals surface area contributed by atoms with Gasteiger partial charge < -0.3 is 24.4 Å². The number of phenols is 1. The molecule has 0 saturated carbocycles. The molecule has 2 N–H and O–H groups in total. The molecule has 0 heterocycles. The Balaban J connectivity index is 2.24. The summed E-state index contributed by atoms with van der Waals surface area (Å²) in [4.78, 5) is 37.0. The summed E-state index contributed by atoms with van der Waals surface area (Å²) in [6, 6.07) is 7.29. The van der Waals surface area contributed by atoms with Gasteiger partial charge in [-0.1, -0.05) is 12.1 Å². The van der Waals surface area contributed by atoms with Crippen LogP contribution in [-0.4, -0.2) is 55.0 Å². The van der Waals surface area contributed by atoms with Crippen LogP contribution < -0.4 is 14.2 Å². The third-order valence-electron chi connectivity index (χ3n) is 4.58. The number of Topliss-reactive ketones (excluding diaryl/α,β-unsaturated/α-hetero) is 3. The summed E-state index contributed by atoms with van der Waals surface area (Å²) in [7, 11) is 4.12. The minimum Gasteiger partial charge on any atom is -0.504 e. The average Bonchev–Trinajstić information content (AvgIpc) is 2.73. The number of aliphatic hydroxyl groups excluding tert-OH is 1. The van der Waals surface area contributed by atoms with E-state index >= 15 is 0 Å². The van der Waals surface area contributed by atoms with Crippen LogP contribution in [0.5, 0.6) is 23.0 Å². The van der Waals surface area contributed by atoms with Gasteiger partial charge in [-0.2, -0.15) is 0 Å². The second-order valence-corrected chi connectivity index (χ2v) is 6.57. The van der Waals surface area contributed by atoms with E-state index in [-0.39, 0.29) is 34.8 Å². The minimum absolute atomic E-state index is 0.00426. The Morgan fingerprint density at radius 1 is 0.933 bits per heavy atom. The zero-order valence-corrected chi connectivity index (χ0v) is 17.2. The number of rotatable bonds is 10. The van der Waals surface area contributed by atoms with Crippen molar-refractivity contribution in [1.82, 2.24) is 0 Å². The van der Waals surface area contributed by atoms with Crippen molar-refractivity contribution >= 4 is 17.3 Å². The molecule has 2 rings (SSSR count). The third kappa shape index (κ3) is 4.96. The summed E-state index contributed by atoms with van der Waals surface area (Å²) >= 11 is 0. The highest BCUT2D eigenvalue weighted by atomic mass is 16.5. The predicted molar refractivity (Wildman–Crippen MR) is 108 cm³/mol. The van der Waals surface area contributed by atoms with Gasteiger partial charge in [-0.05, 0) is 25.1 Å². The fraction of sp³-hybridized carbons (Fsp3) is 0.318. The summed E-state index contributed by atoms with van der Waals surface area (Å²) < 4.78 is 15.4. The van der Waals surface area contributed by atoms with Crippen molar-refractivity contribution in [2.45, 2.75) is 25.9 Å². The van der Waals surface area contributed by atoms with Crippen molar-refractivity contribution in [2.24, 2.45) is 0 Å². The molecule has 0 fully saturated rings. The lowest BCUT2D eigenvalue weighted by molar-refractivity contribution is -0.125. The summed E-state index contributed by atoms with van der Waals surface area (Å²) in [6.07, 6.45) is -1.64. The van der Waals surface area contributed by atoms with Gasteiger partial charge >= 0.3 is 0 Å². The first-order chi connectivity index (χ1) is 14.2. The molecule has 1 unspecified atom stereocenters. The number of benzene rings is 2. The van der Waals surface area contributed by atoms with Crippen molar-refractivity contribution in [1.29, 1.82) is 0 Å². The van der Waals surface area contributed by atoms with E-state index in [1.54, 1.807) is 6.07 Å². The van der Waals surface area contributed by atoms with Crippen LogP contribution in [0, 0.1) is 0 Å². The van der Waals surface area contributed by atoms with E-state index in [1.165, 1.54) is 52.5 Å². The fourth-order valence-corrected chi connectivity index (χ4v) is 2.88. The highest BCUT2D eigenvalue weighted by molar-refractivity contribution is 6.14. The SMILES string of the molecule is COc1cc(C(=O)CC(=O)c2ccc(OC)c(OC)c2O)ccc1CC(=O)C(C)O. The maximum Gasteiger partial charge on any atom is 0.203 e. The minimum atomic E-state index is -1.11. The Hall–Kier alpha value is -3.39. The maximum atomic E-state index is 12.6. The molecular formula is C22H24O8. The number of carbonyl (C=O) groups is 3. The molecule has 0 aliphatic rings. The van der Waals surface area contributed by atoms with Gasteiger partial charge in [0.15, 0.2) is 28.8 Å². The van der Waals surface area contributed by atoms with Gasteiger partial charge in [-0.15, -0.1) is 0 Å². The second-order valence-electron chi connectivity index (χ2n) is 6.57. The molecule has 0 saturated heterocycles. The summed E-state index contributed by atoms with van der Waals surface area (Å²) in [5.74, 6) is -1.30. The van der Waals surface area contributed by atoms with Crippen molar-refractivity contribution in [3.63, 3.8) is 0 Å². The molecule has 8 nitrogen and oxygen atoms in total. The molecule has 160 valence electrons. The average molecular weight is 416 g/mol. The van der Waals surface area contributed by atoms with Gasteiger partial charge in [0.2, 0.25) is 5.75 Å². The number of carbonyl (C=O) groups excluding carboxylic acids is 3. The number of aromatic hydroxyl groups is 1. The second kappa shape index (κ2) is 9.89. The molecule has 0 aliphatic heterocycles. The van der Waals surface area contributed by atoms with Crippen LogP contribution in [0.3, 0.4) is 0 Å². The third-order valence-corrected chi connectivity index (χ3v) is 4.58. The zero-order chi connectivity index (χ0) is 22.4. The standard InChI is InChI=1S/C22H24O8/c1-12(23)16(24)9-14-6-5-13(10-20(14)29-3)17(25)11-18(26)15-7-8-19(28-2)22(30-4)21(15)27/h5-8,10,12,23,27H,9,11H2,1-4H3. The van der Waals surface area contributed by atoms with Crippen LogP contribution in [0.15, 0.2) is 30.3 Å². The van der Waals surface area contributed by atoms with Crippen molar-refractivity contribution < 1.29 is 38.8 Å². The summed E-state index contributed by atoms with van der Waals surface area (Å²) in [5.41, 5.74) is 0.671. The highest BCUT2D eigenvalue weighted by Gasteiger charge is 2.22. The van der Waals surface area contributed by atoms with Crippen LogP contribution >= 0.6 is 0 Å². The van der Waals surface area contributed by atoms with E-state index < -0.39 is 29.8 Å². The van der Waals surface area contributed by atoms with Crippen molar-refractivity contribution in [3.8, 4) is 23.0 Å². The Bertz CT molecular complexity index is 962. The Morgan fingerprint density at radius 2 is 1.60 bits per heavy atom. The molecule has 0 radical (unpaired) electrons. The first-order valence-corrected chi connectivity index (χ1v) is 9.11. The maximum absolute atomic E-state index is 12.6. The molecule has 0 spiro atoms. The van der Waals surface area contributed by atoms with E-state index in [1.807, 2.05) is 0 Å². The van der Waals surface area contributed by atoms with Crippen molar-refractivity contribution in [3.05, 3.63) is 47.0 Å². The van der Waals surface area contributed by atoms with E-state index in [2.05, 4.69) is 0 Å². The number of methoxy groups -OCH3 is 3. The number of phenolic OH excluding ortho intramolecular Hbond substituents is 1. The van der Waals surface area contributed by atoms with E-state index in [0.29, 0.717) is 11.3 Å². The largest absolute Gasteiger partial charge is 0.504 e. The van der Waals surface area contributed by atoms with E-state index in [9.17, 15) is 24.6 Å². The number of hydrogen-bond acceptors (Lipinski definition) is 8. The van der Waals surface area contributed by atoms with Gasteiger partial charge in [-0.25, -0.2) is 0 Å². The first-order valence-electron chi connectivity index (χ1n) is 9.11. The molecule has 0 bridgehead atoms. The number of aliphatic hydroxyl groups is 1. The number of ether oxygens (including phenoxy) is 3. The number of hydrogen-bond donors (Lipinski definition) is 2. The molecular weight excluding hydrogens is 392 g/mol. The highest BCUT2D eigenvalue weighted by Crippen LogP contribution is 2.39. The monoisotopic (exact) mass is 416 g/mol. The van der Waals surface area contributed by atoms with Crippen LogP contribution in [0.1, 0.15) is 39.6 Å². The Labute approximate surface area is 174 Å². The smallest absolute Gasteiger partial charge is 0.203 e. The molecule has 1 atom stereocenters. The molecule has 2 aromatic carbocycles. The van der Waals surface area contributed by atoms with E-state index in [0.717, 1.165) is 0 Å². The molecule has 2 aromatic rings. The van der Waals surface area contributed by atoms with E-state index in [4.69, 9.17) is 14.2 Å². The van der Waals surface area contributed by atoms with Crippen LogP contribution in [0.4, 0.5) is 0 Å². The topological polar surface area (TPSA) is 119 Å². The quantitative estimate of drug-likeness (QED) is 0.448. The van der Waals surface area contributed by atoms with Gasteiger partial charge in [-0.3, -0.25) is 14.4 Å². The summed E-state index contributed by atoms with van der Waals surface area (Å²) in [6.45, 7) is 1.38. The lowest BCUT2D eigenvalue weighted by Crippen LogP contribution is -2.18. The zero-order valence-electron chi connectivity index (χ0n) is 17.2. The lowest BCUT2D eigenvalue weighted by atomic mass is 9.97. The first kappa shape index (κ1) is 22.9. The van der Waals surface area contributed by atoms with Crippen LogP contribution in [0.25, 0.3) is 0 Å². The summed E-state index contributed by atoms with van der Waals surface area (Å²) in [5, 5.41) is 19.7. The van der Waals surface area contributed by atoms with Crippen LogP contribution in [0.2, 0.25) is 0 Å². The molecule has 0 aromatic heterocycles. The normalized spacial score (nSPS) is 11.5. The van der Waals surface area contributed by atoms with Gasteiger partial charge in [0, 0.05) is 17.5 Å².